The van der Waals surface area contributed by atoms with Gasteiger partial charge < -0.3 is 10.3 Å². The molecule has 5 heteroatoms. The number of nitrogens with one attached hydrogen (secondary N) is 2. The van der Waals surface area contributed by atoms with E-state index in [1.54, 1.807) is 6.07 Å². The zero-order valence-corrected chi connectivity index (χ0v) is 14.5. The molecular formula is C20H26N4O. The van der Waals surface area contributed by atoms with Crippen molar-refractivity contribution in [1.82, 2.24) is 20.2 Å². The number of hydrogen-bond acceptors (Lipinski definition) is 4. The van der Waals surface area contributed by atoms with E-state index in [2.05, 4.69) is 50.5 Å². The monoisotopic (exact) mass is 338 g/mol. The third kappa shape index (κ3) is 4.17. The molecule has 1 aliphatic carbocycles. The normalized spacial score (nSPS) is 24.8. The summed E-state index contributed by atoms with van der Waals surface area (Å²) in [6, 6.07) is 13.6. The van der Waals surface area contributed by atoms with E-state index < -0.39 is 0 Å². The second-order valence-corrected chi connectivity index (χ2v) is 7.40. The first-order chi connectivity index (χ1) is 12.3. The summed E-state index contributed by atoms with van der Waals surface area (Å²) in [5.74, 6) is 0.443. The van der Waals surface area contributed by atoms with Gasteiger partial charge in [0, 0.05) is 30.6 Å². The lowest BCUT2D eigenvalue weighted by atomic mass is 9.77. The van der Waals surface area contributed by atoms with Crippen molar-refractivity contribution in [2.45, 2.75) is 50.2 Å². The van der Waals surface area contributed by atoms with E-state index in [9.17, 15) is 4.79 Å². The SMILES string of the molecule is O=c1cc(C2CC(NC3CCN(Cc4ccccc4)CC3)C2)nc[nH]1. The molecule has 25 heavy (non-hydrogen) atoms. The molecule has 2 aliphatic rings. The minimum Gasteiger partial charge on any atom is -0.313 e. The van der Waals surface area contributed by atoms with E-state index >= 15 is 0 Å². The van der Waals surface area contributed by atoms with Crippen LogP contribution in [0, 0.1) is 0 Å². The molecule has 0 unspecified atom stereocenters. The zero-order valence-electron chi connectivity index (χ0n) is 14.5. The molecule has 2 N–H and O–H groups in total. The molecule has 5 nitrogen and oxygen atoms in total. The van der Waals surface area contributed by atoms with Crippen molar-refractivity contribution in [3.8, 4) is 0 Å². The molecule has 0 amide bonds. The number of hydrogen-bond donors (Lipinski definition) is 2. The van der Waals surface area contributed by atoms with Crippen LogP contribution in [0.4, 0.5) is 0 Å². The van der Waals surface area contributed by atoms with E-state index in [0.717, 1.165) is 25.1 Å². The van der Waals surface area contributed by atoms with Crippen LogP contribution in [0.25, 0.3) is 0 Å². The van der Waals surface area contributed by atoms with Gasteiger partial charge in [0.1, 0.15) is 0 Å². The molecule has 1 saturated heterocycles. The summed E-state index contributed by atoms with van der Waals surface area (Å²) in [4.78, 5) is 20.8. The lowest BCUT2D eigenvalue weighted by Gasteiger charge is -2.40. The van der Waals surface area contributed by atoms with E-state index in [-0.39, 0.29) is 5.56 Å². The first-order valence-corrected chi connectivity index (χ1v) is 9.33. The van der Waals surface area contributed by atoms with Gasteiger partial charge in [-0.2, -0.15) is 0 Å². The first-order valence-electron chi connectivity index (χ1n) is 9.33. The van der Waals surface area contributed by atoms with Crippen LogP contribution in [0.1, 0.15) is 42.9 Å². The maximum atomic E-state index is 11.4. The number of benzene rings is 1. The van der Waals surface area contributed by atoms with Gasteiger partial charge in [-0.15, -0.1) is 0 Å². The van der Waals surface area contributed by atoms with Crippen LogP contribution in [0.3, 0.4) is 0 Å². The van der Waals surface area contributed by atoms with Crippen LogP contribution >= 0.6 is 0 Å². The first kappa shape index (κ1) is 16.5. The topological polar surface area (TPSA) is 61.0 Å². The Balaban J connectivity index is 1.19. The summed E-state index contributed by atoms with van der Waals surface area (Å²) >= 11 is 0. The van der Waals surface area contributed by atoms with E-state index in [4.69, 9.17) is 0 Å². The van der Waals surface area contributed by atoms with E-state index in [1.165, 1.54) is 37.8 Å². The molecule has 1 aromatic carbocycles. The Morgan fingerprint density at radius 1 is 1.12 bits per heavy atom. The maximum absolute atomic E-state index is 11.4. The Bertz CT molecular complexity index is 731. The van der Waals surface area contributed by atoms with Gasteiger partial charge in [0.15, 0.2) is 0 Å². The van der Waals surface area contributed by atoms with Crippen molar-refractivity contribution in [1.29, 1.82) is 0 Å². The average molecular weight is 338 g/mol. The third-order valence-corrected chi connectivity index (χ3v) is 5.56. The van der Waals surface area contributed by atoms with Gasteiger partial charge in [0.05, 0.1) is 12.0 Å². The highest BCUT2D eigenvalue weighted by atomic mass is 16.1. The Morgan fingerprint density at radius 3 is 2.60 bits per heavy atom. The smallest absolute Gasteiger partial charge is 0.250 e. The van der Waals surface area contributed by atoms with Crippen molar-refractivity contribution in [3.63, 3.8) is 0 Å². The van der Waals surface area contributed by atoms with Crippen LogP contribution in [-0.2, 0) is 6.54 Å². The minimum atomic E-state index is -0.0489. The Kier molecular flexibility index (Phi) is 4.95. The number of rotatable bonds is 5. The van der Waals surface area contributed by atoms with Gasteiger partial charge in [-0.1, -0.05) is 30.3 Å². The lowest BCUT2D eigenvalue weighted by Crippen LogP contribution is -2.50. The summed E-state index contributed by atoms with van der Waals surface area (Å²) in [5.41, 5.74) is 2.30. The van der Waals surface area contributed by atoms with Gasteiger partial charge in [-0.05, 0) is 44.3 Å². The number of piperidine rings is 1. The average Bonchev–Trinajstić information content (AvgIpc) is 2.60. The number of nitrogens with zero attached hydrogens (tertiary/aromatic N) is 2. The summed E-state index contributed by atoms with van der Waals surface area (Å²) in [6.07, 6.45) is 6.15. The van der Waals surface area contributed by atoms with Crippen molar-refractivity contribution in [3.05, 3.63) is 64.3 Å². The molecule has 1 saturated carbocycles. The highest BCUT2D eigenvalue weighted by Crippen LogP contribution is 2.35. The second kappa shape index (κ2) is 7.50. The fraction of sp³-hybridized carbons (Fsp3) is 0.500. The third-order valence-electron chi connectivity index (χ3n) is 5.56. The van der Waals surface area contributed by atoms with Crippen molar-refractivity contribution >= 4 is 0 Å². The molecule has 0 radical (unpaired) electrons. The van der Waals surface area contributed by atoms with Gasteiger partial charge in [0.25, 0.3) is 5.56 Å². The standard InChI is InChI=1S/C20H26N4O/c25-20-12-19(21-14-22-20)16-10-18(11-16)23-17-6-8-24(9-7-17)13-15-4-2-1-3-5-15/h1-5,12,14,16-18,23H,6-11,13H2,(H,21,22,25). The van der Waals surface area contributed by atoms with Gasteiger partial charge >= 0.3 is 0 Å². The highest BCUT2D eigenvalue weighted by Gasteiger charge is 2.33. The van der Waals surface area contributed by atoms with Crippen LogP contribution < -0.4 is 10.9 Å². The zero-order chi connectivity index (χ0) is 17.1. The number of likely N-dealkylation sites (tertiary alicyclic amines) is 1. The quantitative estimate of drug-likeness (QED) is 0.878. The molecule has 4 rings (SSSR count). The fourth-order valence-electron chi connectivity index (χ4n) is 4.04. The predicted molar refractivity (Wildman–Crippen MR) is 98.5 cm³/mol. The molecule has 0 bridgehead atoms. The Labute approximate surface area is 148 Å². The molecule has 1 aliphatic heterocycles. The van der Waals surface area contributed by atoms with Gasteiger partial charge in [0.2, 0.25) is 0 Å². The number of H-pyrrole nitrogens is 1. The minimum absolute atomic E-state index is 0.0489. The molecule has 1 aromatic heterocycles. The molecule has 2 aromatic rings. The largest absolute Gasteiger partial charge is 0.313 e. The van der Waals surface area contributed by atoms with E-state index in [1.807, 2.05) is 0 Å². The molecule has 0 atom stereocenters. The van der Waals surface area contributed by atoms with Crippen LogP contribution in [0.2, 0.25) is 0 Å². The summed E-state index contributed by atoms with van der Waals surface area (Å²) < 4.78 is 0. The second-order valence-electron chi connectivity index (χ2n) is 7.40. The van der Waals surface area contributed by atoms with Gasteiger partial charge in [-0.3, -0.25) is 9.69 Å². The van der Waals surface area contributed by atoms with Crippen LogP contribution in [-0.4, -0.2) is 40.0 Å². The van der Waals surface area contributed by atoms with Crippen molar-refractivity contribution < 1.29 is 0 Å². The summed E-state index contributed by atoms with van der Waals surface area (Å²) in [6.45, 7) is 3.39. The molecule has 2 heterocycles. The summed E-state index contributed by atoms with van der Waals surface area (Å²) in [5, 5.41) is 3.81. The van der Waals surface area contributed by atoms with Crippen LogP contribution in [0.5, 0.6) is 0 Å². The van der Waals surface area contributed by atoms with E-state index in [0.29, 0.717) is 18.0 Å². The van der Waals surface area contributed by atoms with Crippen molar-refractivity contribution in [2.24, 2.45) is 0 Å². The molecule has 132 valence electrons. The predicted octanol–water partition coefficient (Wildman–Crippen LogP) is 2.27. The molecule has 0 spiro atoms. The highest BCUT2D eigenvalue weighted by molar-refractivity contribution is 5.15. The number of aromatic amines is 1. The summed E-state index contributed by atoms with van der Waals surface area (Å²) in [7, 11) is 0. The number of aromatic nitrogens is 2. The van der Waals surface area contributed by atoms with Gasteiger partial charge in [-0.25, -0.2) is 4.98 Å². The fourth-order valence-corrected chi connectivity index (χ4v) is 4.04. The van der Waals surface area contributed by atoms with Crippen molar-refractivity contribution in [2.75, 3.05) is 13.1 Å². The maximum Gasteiger partial charge on any atom is 0.250 e. The molecule has 2 fully saturated rings. The lowest BCUT2D eigenvalue weighted by molar-refractivity contribution is 0.165. The molecular weight excluding hydrogens is 312 g/mol. The Hall–Kier alpha value is -1.98. The Morgan fingerprint density at radius 2 is 1.88 bits per heavy atom. The van der Waals surface area contributed by atoms with Crippen LogP contribution in [0.15, 0.2) is 47.5 Å².